The van der Waals surface area contributed by atoms with E-state index in [1.165, 1.54) is 5.56 Å². The lowest BCUT2D eigenvalue weighted by atomic mass is 10.1. The summed E-state index contributed by atoms with van der Waals surface area (Å²) in [6.45, 7) is 4.14. The molecule has 3 N–H and O–H groups in total. The lowest BCUT2D eigenvalue weighted by molar-refractivity contribution is 0.883. The van der Waals surface area contributed by atoms with Crippen molar-refractivity contribution in [2.24, 2.45) is 0 Å². The molecule has 0 radical (unpaired) electrons. The molecule has 3 heteroatoms. The molecular formula is C15H17ClN2. The van der Waals surface area contributed by atoms with Gasteiger partial charge in [0.1, 0.15) is 0 Å². The summed E-state index contributed by atoms with van der Waals surface area (Å²) in [6, 6.07) is 13.9. The zero-order chi connectivity index (χ0) is 13.1. The summed E-state index contributed by atoms with van der Waals surface area (Å²) in [4.78, 5) is 0. The fourth-order valence-electron chi connectivity index (χ4n) is 1.93. The Morgan fingerprint density at radius 2 is 1.89 bits per heavy atom. The third-order valence-corrected chi connectivity index (χ3v) is 3.35. The summed E-state index contributed by atoms with van der Waals surface area (Å²) < 4.78 is 0. The van der Waals surface area contributed by atoms with Crippen LogP contribution in [0.3, 0.4) is 0 Å². The van der Waals surface area contributed by atoms with Crippen LogP contribution in [0.1, 0.15) is 24.1 Å². The Balaban J connectivity index is 2.24. The summed E-state index contributed by atoms with van der Waals surface area (Å²) in [6.07, 6.45) is 0. The van der Waals surface area contributed by atoms with E-state index in [1.807, 2.05) is 42.5 Å². The number of aryl methyl sites for hydroxylation is 1. The molecule has 0 saturated carbocycles. The molecule has 18 heavy (non-hydrogen) atoms. The van der Waals surface area contributed by atoms with E-state index in [0.717, 1.165) is 22.0 Å². The highest BCUT2D eigenvalue weighted by atomic mass is 35.5. The zero-order valence-corrected chi connectivity index (χ0v) is 11.3. The third kappa shape index (κ3) is 2.77. The lowest BCUT2D eigenvalue weighted by Gasteiger charge is -2.18. The number of hydrogen-bond donors (Lipinski definition) is 2. The number of anilines is 2. The van der Waals surface area contributed by atoms with Gasteiger partial charge in [-0.3, -0.25) is 0 Å². The third-order valence-electron chi connectivity index (χ3n) is 3.01. The van der Waals surface area contributed by atoms with Gasteiger partial charge in [-0.15, -0.1) is 0 Å². The molecule has 2 rings (SSSR count). The number of benzene rings is 2. The molecule has 0 aliphatic rings. The molecule has 0 aliphatic heterocycles. The van der Waals surface area contributed by atoms with E-state index >= 15 is 0 Å². The van der Waals surface area contributed by atoms with E-state index in [-0.39, 0.29) is 6.04 Å². The van der Waals surface area contributed by atoms with E-state index in [1.54, 1.807) is 0 Å². The van der Waals surface area contributed by atoms with E-state index in [4.69, 9.17) is 17.3 Å². The van der Waals surface area contributed by atoms with Gasteiger partial charge in [0, 0.05) is 22.4 Å². The van der Waals surface area contributed by atoms with Crippen molar-refractivity contribution in [3.05, 3.63) is 58.6 Å². The Bertz CT molecular complexity index is 552. The maximum Gasteiger partial charge on any atom is 0.0500 e. The van der Waals surface area contributed by atoms with Crippen LogP contribution in [0.15, 0.2) is 42.5 Å². The summed E-state index contributed by atoms with van der Waals surface area (Å²) in [5, 5.41) is 4.22. The molecule has 1 unspecified atom stereocenters. The van der Waals surface area contributed by atoms with Gasteiger partial charge in [0.15, 0.2) is 0 Å². The van der Waals surface area contributed by atoms with Crippen LogP contribution < -0.4 is 11.1 Å². The van der Waals surface area contributed by atoms with Crippen molar-refractivity contribution in [1.82, 2.24) is 0 Å². The van der Waals surface area contributed by atoms with Gasteiger partial charge in [-0.25, -0.2) is 0 Å². The monoisotopic (exact) mass is 260 g/mol. The zero-order valence-electron chi connectivity index (χ0n) is 10.6. The molecule has 0 bridgehead atoms. The molecule has 2 nitrogen and oxygen atoms in total. The number of hydrogen-bond acceptors (Lipinski definition) is 2. The first-order chi connectivity index (χ1) is 8.58. The summed E-state index contributed by atoms with van der Waals surface area (Å²) in [7, 11) is 0. The van der Waals surface area contributed by atoms with Crippen LogP contribution >= 0.6 is 11.6 Å². The molecule has 0 fully saturated rings. The molecule has 0 heterocycles. The predicted octanol–water partition coefficient (Wildman–Crippen LogP) is 4.40. The number of nitrogens with two attached hydrogens (primary N) is 1. The van der Waals surface area contributed by atoms with E-state index in [2.05, 4.69) is 19.2 Å². The summed E-state index contributed by atoms with van der Waals surface area (Å²) >= 11 is 6.19. The van der Waals surface area contributed by atoms with Crippen molar-refractivity contribution in [3.8, 4) is 0 Å². The topological polar surface area (TPSA) is 38.0 Å². The maximum absolute atomic E-state index is 6.19. The van der Waals surface area contributed by atoms with Gasteiger partial charge < -0.3 is 11.1 Å². The highest BCUT2D eigenvalue weighted by Gasteiger charge is 2.10. The fraction of sp³-hybridized carbons (Fsp3) is 0.200. The Hall–Kier alpha value is -1.67. The fourth-order valence-corrected chi connectivity index (χ4v) is 2.23. The van der Waals surface area contributed by atoms with Crippen molar-refractivity contribution in [1.29, 1.82) is 0 Å². The molecule has 94 valence electrons. The van der Waals surface area contributed by atoms with Crippen molar-refractivity contribution in [2.45, 2.75) is 19.9 Å². The first kappa shape index (κ1) is 12.8. The standard InChI is InChI=1S/C15H17ClN2/c1-10-7-8-12(17)9-15(10)18-11(2)13-5-3-4-6-14(13)16/h3-9,11,18H,17H2,1-2H3. The molecule has 0 aromatic heterocycles. The Labute approximate surface area is 113 Å². The van der Waals surface area contributed by atoms with Crippen LogP contribution in [0, 0.1) is 6.92 Å². The average Bonchev–Trinajstić information content (AvgIpc) is 2.34. The molecule has 0 aliphatic carbocycles. The number of nitrogens with one attached hydrogen (secondary N) is 1. The number of rotatable bonds is 3. The normalized spacial score (nSPS) is 12.2. The highest BCUT2D eigenvalue weighted by molar-refractivity contribution is 6.31. The Morgan fingerprint density at radius 1 is 1.17 bits per heavy atom. The van der Waals surface area contributed by atoms with Crippen LogP contribution in [0.4, 0.5) is 11.4 Å². The molecule has 2 aromatic rings. The molecule has 0 amide bonds. The Morgan fingerprint density at radius 3 is 2.61 bits per heavy atom. The maximum atomic E-state index is 6.19. The SMILES string of the molecule is Cc1ccc(N)cc1NC(C)c1ccccc1Cl. The predicted molar refractivity (Wildman–Crippen MR) is 79.1 cm³/mol. The second kappa shape index (κ2) is 5.32. The van der Waals surface area contributed by atoms with Crippen molar-refractivity contribution >= 4 is 23.0 Å². The Kier molecular flexibility index (Phi) is 3.78. The smallest absolute Gasteiger partial charge is 0.0500 e. The van der Waals surface area contributed by atoms with Gasteiger partial charge in [0.05, 0.1) is 0 Å². The average molecular weight is 261 g/mol. The first-order valence-electron chi connectivity index (χ1n) is 5.95. The van der Waals surface area contributed by atoms with Gasteiger partial charge in [-0.1, -0.05) is 35.9 Å². The lowest BCUT2D eigenvalue weighted by Crippen LogP contribution is -2.08. The molecule has 0 spiro atoms. The van der Waals surface area contributed by atoms with Gasteiger partial charge in [0.2, 0.25) is 0 Å². The van der Waals surface area contributed by atoms with Crippen molar-refractivity contribution < 1.29 is 0 Å². The second-order valence-corrected chi connectivity index (χ2v) is 4.87. The number of nitrogen functional groups attached to an aromatic ring is 1. The van der Waals surface area contributed by atoms with E-state index in [9.17, 15) is 0 Å². The van der Waals surface area contributed by atoms with Crippen LogP contribution in [0.5, 0.6) is 0 Å². The quantitative estimate of drug-likeness (QED) is 0.803. The molecule has 0 saturated heterocycles. The van der Waals surface area contributed by atoms with Crippen molar-refractivity contribution in [2.75, 3.05) is 11.1 Å². The van der Waals surface area contributed by atoms with Gasteiger partial charge >= 0.3 is 0 Å². The summed E-state index contributed by atoms with van der Waals surface area (Å²) in [5.74, 6) is 0. The molecule has 1 atom stereocenters. The van der Waals surface area contributed by atoms with Gasteiger partial charge in [0.25, 0.3) is 0 Å². The minimum atomic E-state index is 0.138. The van der Waals surface area contributed by atoms with E-state index < -0.39 is 0 Å². The molecule has 2 aromatic carbocycles. The number of halogens is 1. The van der Waals surface area contributed by atoms with Gasteiger partial charge in [-0.2, -0.15) is 0 Å². The van der Waals surface area contributed by atoms with Crippen LogP contribution in [0.2, 0.25) is 5.02 Å². The van der Waals surface area contributed by atoms with E-state index in [0.29, 0.717) is 0 Å². The van der Waals surface area contributed by atoms with Gasteiger partial charge in [-0.05, 0) is 43.2 Å². The van der Waals surface area contributed by atoms with Crippen LogP contribution in [-0.2, 0) is 0 Å². The van der Waals surface area contributed by atoms with Crippen LogP contribution in [0.25, 0.3) is 0 Å². The first-order valence-corrected chi connectivity index (χ1v) is 6.33. The molecular weight excluding hydrogens is 244 g/mol. The van der Waals surface area contributed by atoms with Crippen LogP contribution in [-0.4, -0.2) is 0 Å². The highest BCUT2D eigenvalue weighted by Crippen LogP contribution is 2.27. The second-order valence-electron chi connectivity index (χ2n) is 4.46. The summed E-state index contributed by atoms with van der Waals surface area (Å²) in [5.41, 5.74) is 9.86. The minimum absolute atomic E-state index is 0.138. The largest absolute Gasteiger partial charge is 0.399 e. The van der Waals surface area contributed by atoms with Crippen molar-refractivity contribution in [3.63, 3.8) is 0 Å². The minimum Gasteiger partial charge on any atom is -0.399 e.